The van der Waals surface area contributed by atoms with E-state index in [-0.39, 0.29) is 11.8 Å². The lowest BCUT2D eigenvalue weighted by molar-refractivity contribution is -0.135. The van der Waals surface area contributed by atoms with Crippen LogP contribution in [0.3, 0.4) is 0 Å². The van der Waals surface area contributed by atoms with Gasteiger partial charge < -0.3 is 4.90 Å². The summed E-state index contributed by atoms with van der Waals surface area (Å²) in [6.07, 6.45) is 7.65. The predicted molar refractivity (Wildman–Crippen MR) is 92.8 cm³/mol. The van der Waals surface area contributed by atoms with E-state index in [1.54, 1.807) is 13.0 Å². The quantitative estimate of drug-likeness (QED) is 0.392. The highest BCUT2D eigenvalue weighted by Crippen LogP contribution is 2.16. The van der Waals surface area contributed by atoms with Crippen molar-refractivity contribution in [1.29, 1.82) is 0 Å². The lowest BCUT2D eigenvalue weighted by Crippen LogP contribution is -2.29. The van der Waals surface area contributed by atoms with Crippen LogP contribution >= 0.6 is 0 Å². The molecule has 0 saturated carbocycles. The van der Waals surface area contributed by atoms with Crippen LogP contribution in [-0.2, 0) is 14.4 Å². The average molecular weight is 324 g/mol. The molecule has 3 amide bonds. The van der Waals surface area contributed by atoms with Gasteiger partial charge in [0.1, 0.15) is 0 Å². The Morgan fingerprint density at radius 3 is 2.43 bits per heavy atom. The van der Waals surface area contributed by atoms with Crippen molar-refractivity contribution in [3.05, 3.63) is 12.2 Å². The summed E-state index contributed by atoms with van der Waals surface area (Å²) in [5.41, 5.74) is 0. The van der Waals surface area contributed by atoms with Crippen LogP contribution in [0.4, 0.5) is 0 Å². The van der Waals surface area contributed by atoms with Crippen molar-refractivity contribution in [1.82, 2.24) is 9.80 Å². The number of allylic oxidation sites excluding steroid dienone is 1. The first-order valence-corrected chi connectivity index (χ1v) is 8.74. The number of imide groups is 1. The molecule has 0 bridgehead atoms. The van der Waals surface area contributed by atoms with E-state index in [2.05, 4.69) is 6.92 Å². The van der Waals surface area contributed by atoms with Crippen LogP contribution in [0, 0.1) is 5.92 Å². The Balaban J connectivity index is 0.00000232. The molecule has 0 spiro atoms. The Bertz CT molecular complexity index is 394. The number of hydrogen-bond donors (Lipinski definition) is 0. The zero-order valence-corrected chi connectivity index (χ0v) is 15.1. The summed E-state index contributed by atoms with van der Waals surface area (Å²) in [6, 6.07) is 0. The molecule has 1 aliphatic rings. The number of hydrogen-bond acceptors (Lipinski definition) is 3. The van der Waals surface area contributed by atoms with Gasteiger partial charge in [0.25, 0.3) is 5.91 Å². The van der Waals surface area contributed by atoms with E-state index in [1.165, 1.54) is 11.0 Å². The van der Waals surface area contributed by atoms with Crippen molar-refractivity contribution in [3.8, 4) is 0 Å². The van der Waals surface area contributed by atoms with Gasteiger partial charge in [-0.3, -0.25) is 19.3 Å². The van der Waals surface area contributed by atoms with Crippen molar-refractivity contribution in [3.63, 3.8) is 0 Å². The molecule has 0 N–H and O–H groups in total. The third-order valence-electron chi connectivity index (χ3n) is 3.79. The number of amides is 3. The van der Waals surface area contributed by atoms with Crippen LogP contribution in [-0.4, -0.2) is 47.7 Å². The Kier molecular flexibility index (Phi) is 11.9. The minimum Gasteiger partial charge on any atom is -0.342 e. The molecule has 1 aliphatic heterocycles. The summed E-state index contributed by atoms with van der Waals surface area (Å²) in [5.74, 6) is 0.568. The topological polar surface area (TPSA) is 57.7 Å². The number of likely N-dealkylation sites (tertiary alicyclic amines) is 1. The monoisotopic (exact) mass is 324 g/mol. The third-order valence-corrected chi connectivity index (χ3v) is 3.79. The second kappa shape index (κ2) is 12.9. The van der Waals surface area contributed by atoms with Crippen molar-refractivity contribution in [2.45, 2.75) is 59.8 Å². The van der Waals surface area contributed by atoms with Gasteiger partial charge in [0.15, 0.2) is 0 Å². The number of nitrogens with zero attached hydrogens (tertiary/aromatic N) is 2. The second-order valence-electron chi connectivity index (χ2n) is 5.68. The summed E-state index contributed by atoms with van der Waals surface area (Å²) in [7, 11) is 0. The van der Waals surface area contributed by atoms with E-state index in [0.717, 1.165) is 38.8 Å². The van der Waals surface area contributed by atoms with Crippen LogP contribution in [0.5, 0.6) is 0 Å². The lowest BCUT2D eigenvalue weighted by atomic mass is 10.1. The van der Waals surface area contributed by atoms with Gasteiger partial charge in [-0.2, -0.15) is 0 Å². The smallest absolute Gasteiger partial charge is 0.252 e. The molecule has 0 aromatic rings. The average Bonchev–Trinajstić information content (AvgIpc) is 2.99. The van der Waals surface area contributed by atoms with Crippen molar-refractivity contribution < 1.29 is 14.4 Å². The standard InChI is InChI=1S/C16H26N2O3.C2H6/c1-3-7-15(20)18(13-19)10-6-4-5-8-16(21)17-11-9-14(2)12-17;1-2/h3,7,13-14H,4-6,8-12H2,1-2H3;1-2H3/b7-3-;. The normalized spacial score (nSPS) is 16.9. The lowest BCUT2D eigenvalue weighted by Gasteiger charge is -2.16. The molecule has 0 aromatic heterocycles. The molecule has 5 heteroatoms. The molecule has 0 radical (unpaired) electrons. The van der Waals surface area contributed by atoms with E-state index in [1.807, 2.05) is 18.7 Å². The van der Waals surface area contributed by atoms with Gasteiger partial charge in [0.05, 0.1) is 0 Å². The second-order valence-corrected chi connectivity index (χ2v) is 5.68. The summed E-state index contributed by atoms with van der Waals surface area (Å²) >= 11 is 0. The molecular formula is C18H32N2O3. The minimum atomic E-state index is -0.283. The van der Waals surface area contributed by atoms with Gasteiger partial charge in [0, 0.05) is 26.1 Å². The molecule has 23 heavy (non-hydrogen) atoms. The van der Waals surface area contributed by atoms with Crippen LogP contribution in [0.1, 0.15) is 59.8 Å². The molecule has 1 rings (SSSR count). The number of rotatable bonds is 8. The van der Waals surface area contributed by atoms with Gasteiger partial charge in [0.2, 0.25) is 12.3 Å². The molecule has 132 valence electrons. The zero-order chi connectivity index (χ0) is 17.7. The predicted octanol–water partition coefficient (Wildman–Crippen LogP) is 3.00. The third kappa shape index (κ3) is 8.53. The first-order valence-electron chi connectivity index (χ1n) is 8.74. The van der Waals surface area contributed by atoms with Crippen LogP contribution in [0.15, 0.2) is 12.2 Å². The zero-order valence-electron chi connectivity index (χ0n) is 15.1. The fourth-order valence-corrected chi connectivity index (χ4v) is 2.51. The summed E-state index contributed by atoms with van der Waals surface area (Å²) in [5, 5.41) is 0. The first kappa shape index (κ1) is 21.4. The van der Waals surface area contributed by atoms with E-state index in [4.69, 9.17) is 0 Å². The van der Waals surface area contributed by atoms with Gasteiger partial charge in [-0.15, -0.1) is 0 Å². The Morgan fingerprint density at radius 2 is 1.91 bits per heavy atom. The van der Waals surface area contributed by atoms with Gasteiger partial charge in [-0.05, 0) is 38.2 Å². The molecule has 0 aromatic carbocycles. The Hall–Kier alpha value is -1.65. The number of carbonyl (C=O) groups excluding carboxylic acids is 3. The maximum Gasteiger partial charge on any atom is 0.252 e. The van der Waals surface area contributed by atoms with Gasteiger partial charge >= 0.3 is 0 Å². The molecule has 1 unspecified atom stereocenters. The molecule has 0 aliphatic carbocycles. The van der Waals surface area contributed by atoms with Gasteiger partial charge in [-0.1, -0.05) is 33.3 Å². The molecule has 1 saturated heterocycles. The highest BCUT2D eigenvalue weighted by atomic mass is 16.2. The van der Waals surface area contributed by atoms with Crippen LogP contribution in [0.25, 0.3) is 0 Å². The number of unbranched alkanes of at least 4 members (excludes halogenated alkanes) is 2. The molecule has 1 atom stereocenters. The fraction of sp³-hybridized carbons (Fsp3) is 0.722. The molecular weight excluding hydrogens is 292 g/mol. The summed E-state index contributed by atoms with van der Waals surface area (Å²) < 4.78 is 0. The van der Waals surface area contributed by atoms with E-state index in [0.29, 0.717) is 25.3 Å². The first-order chi connectivity index (χ1) is 11.1. The van der Waals surface area contributed by atoms with Crippen LogP contribution in [0.2, 0.25) is 0 Å². The van der Waals surface area contributed by atoms with Crippen molar-refractivity contribution >= 4 is 18.2 Å². The van der Waals surface area contributed by atoms with E-state index in [9.17, 15) is 14.4 Å². The van der Waals surface area contributed by atoms with Gasteiger partial charge in [-0.25, -0.2) is 0 Å². The van der Waals surface area contributed by atoms with Crippen molar-refractivity contribution in [2.24, 2.45) is 5.92 Å². The maximum atomic E-state index is 11.9. The Morgan fingerprint density at radius 1 is 1.22 bits per heavy atom. The van der Waals surface area contributed by atoms with E-state index < -0.39 is 0 Å². The SMILES string of the molecule is C/C=C\C(=O)N(C=O)CCCCCC(=O)N1CCC(C)C1.CC. The number of carbonyl (C=O) groups is 3. The highest BCUT2D eigenvalue weighted by Gasteiger charge is 2.22. The van der Waals surface area contributed by atoms with Crippen molar-refractivity contribution in [2.75, 3.05) is 19.6 Å². The summed E-state index contributed by atoms with van der Waals surface area (Å²) in [4.78, 5) is 37.4. The molecule has 5 nitrogen and oxygen atoms in total. The summed E-state index contributed by atoms with van der Waals surface area (Å²) in [6.45, 7) is 10.1. The van der Waals surface area contributed by atoms with E-state index >= 15 is 0 Å². The maximum absolute atomic E-state index is 11.9. The largest absolute Gasteiger partial charge is 0.342 e. The molecule has 1 heterocycles. The highest BCUT2D eigenvalue weighted by molar-refractivity contribution is 5.94. The molecule has 1 fully saturated rings. The minimum absolute atomic E-state index is 0.233. The van der Waals surface area contributed by atoms with Crippen LogP contribution < -0.4 is 0 Å². The Labute approximate surface area is 140 Å². The fourth-order valence-electron chi connectivity index (χ4n) is 2.51.